The van der Waals surface area contributed by atoms with Gasteiger partial charge >= 0.3 is 0 Å². The van der Waals surface area contributed by atoms with Crippen LogP contribution in [0.25, 0.3) is 0 Å². The largest absolute Gasteiger partial charge is 0.360 e. The summed E-state index contributed by atoms with van der Waals surface area (Å²) in [6.45, 7) is 11.4. The Morgan fingerprint density at radius 3 is 2.42 bits per heavy atom. The van der Waals surface area contributed by atoms with Crippen LogP contribution in [0.15, 0.2) is 10.6 Å². The molecule has 0 saturated carbocycles. The monoisotopic (exact) mass is 265 g/mol. The standard InChI is InChI=1S/C14H23N3O2/c1-11-9-12(15-19-11)16-5-7-17(8-6-16)13(18)10-14(2,3)4/h9H,5-8,10H2,1-4H3. The lowest BCUT2D eigenvalue weighted by Gasteiger charge is -2.35. The molecule has 0 bridgehead atoms. The quantitative estimate of drug-likeness (QED) is 0.821. The highest BCUT2D eigenvalue weighted by molar-refractivity contribution is 5.77. The Morgan fingerprint density at radius 2 is 1.95 bits per heavy atom. The first-order valence-corrected chi connectivity index (χ1v) is 6.81. The smallest absolute Gasteiger partial charge is 0.223 e. The zero-order chi connectivity index (χ0) is 14.0. The van der Waals surface area contributed by atoms with Gasteiger partial charge in [-0.3, -0.25) is 4.79 Å². The zero-order valence-corrected chi connectivity index (χ0v) is 12.3. The third kappa shape index (κ3) is 3.72. The van der Waals surface area contributed by atoms with Crippen molar-refractivity contribution < 1.29 is 9.32 Å². The molecule has 19 heavy (non-hydrogen) atoms. The van der Waals surface area contributed by atoms with Gasteiger partial charge in [0.05, 0.1) is 0 Å². The molecule has 1 amide bonds. The Kier molecular flexibility index (Phi) is 3.83. The average molecular weight is 265 g/mol. The first kappa shape index (κ1) is 13.9. The fraction of sp³-hybridized carbons (Fsp3) is 0.714. The summed E-state index contributed by atoms with van der Waals surface area (Å²) in [4.78, 5) is 16.3. The number of rotatable bonds is 2. The van der Waals surface area contributed by atoms with Gasteiger partial charge in [0, 0.05) is 38.7 Å². The summed E-state index contributed by atoms with van der Waals surface area (Å²) in [6.07, 6.45) is 0.607. The van der Waals surface area contributed by atoms with E-state index in [1.807, 2.05) is 17.9 Å². The fourth-order valence-corrected chi connectivity index (χ4v) is 2.25. The number of piperazine rings is 1. The van der Waals surface area contributed by atoms with Crippen molar-refractivity contribution in [2.75, 3.05) is 31.1 Å². The number of hydrogen-bond acceptors (Lipinski definition) is 4. The van der Waals surface area contributed by atoms with Crippen molar-refractivity contribution in [3.05, 3.63) is 11.8 Å². The van der Waals surface area contributed by atoms with Crippen molar-refractivity contribution in [1.29, 1.82) is 0 Å². The summed E-state index contributed by atoms with van der Waals surface area (Å²) in [5, 5.41) is 4.02. The molecule has 0 N–H and O–H groups in total. The minimum Gasteiger partial charge on any atom is -0.360 e. The van der Waals surface area contributed by atoms with Gasteiger partial charge in [0.2, 0.25) is 5.91 Å². The Bertz CT molecular complexity index is 440. The van der Waals surface area contributed by atoms with Crippen LogP contribution in [0.1, 0.15) is 33.0 Å². The van der Waals surface area contributed by atoms with Crippen molar-refractivity contribution in [3.8, 4) is 0 Å². The minimum absolute atomic E-state index is 0.0530. The second kappa shape index (κ2) is 5.23. The Hall–Kier alpha value is -1.52. The molecule has 2 rings (SSSR count). The van der Waals surface area contributed by atoms with Crippen LogP contribution in [-0.2, 0) is 4.79 Å². The van der Waals surface area contributed by atoms with Gasteiger partial charge < -0.3 is 14.3 Å². The van der Waals surface area contributed by atoms with Crippen LogP contribution in [0.4, 0.5) is 5.82 Å². The molecule has 5 heteroatoms. The van der Waals surface area contributed by atoms with Gasteiger partial charge in [-0.2, -0.15) is 0 Å². The number of carbonyl (C=O) groups is 1. The molecule has 1 aliphatic heterocycles. The van der Waals surface area contributed by atoms with Crippen LogP contribution in [-0.4, -0.2) is 42.1 Å². The predicted octanol–water partition coefficient (Wildman–Crippen LogP) is 2.07. The summed E-state index contributed by atoms with van der Waals surface area (Å²) >= 11 is 0. The maximum Gasteiger partial charge on any atom is 0.223 e. The molecule has 1 aromatic rings. The van der Waals surface area contributed by atoms with E-state index >= 15 is 0 Å². The highest BCUT2D eigenvalue weighted by Crippen LogP contribution is 2.21. The third-order valence-electron chi connectivity index (χ3n) is 3.25. The summed E-state index contributed by atoms with van der Waals surface area (Å²) in [6, 6.07) is 1.94. The maximum atomic E-state index is 12.1. The number of aryl methyl sites for hydroxylation is 1. The number of hydrogen-bond donors (Lipinski definition) is 0. The molecule has 1 fully saturated rings. The molecule has 106 valence electrons. The van der Waals surface area contributed by atoms with Gasteiger partial charge in [-0.1, -0.05) is 25.9 Å². The van der Waals surface area contributed by atoms with Crippen LogP contribution < -0.4 is 4.90 Å². The van der Waals surface area contributed by atoms with Crippen molar-refractivity contribution in [1.82, 2.24) is 10.1 Å². The second-order valence-electron chi connectivity index (χ2n) is 6.40. The van der Waals surface area contributed by atoms with Gasteiger partial charge in [-0.25, -0.2) is 0 Å². The first-order chi connectivity index (χ1) is 8.85. The van der Waals surface area contributed by atoms with E-state index in [4.69, 9.17) is 4.52 Å². The lowest BCUT2D eigenvalue weighted by Crippen LogP contribution is -2.49. The number of anilines is 1. The molecule has 0 spiro atoms. The van der Waals surface area contributed by atoms with E-state index < -0.39 is 0 Å². The Morgan fingerprint density at radius 1 is 1.32 bits per heavy atom. The number of amides is 1. The van der Waals surface area contributed by atoms with Gasteiger partial charge in [0.15, 0.2) is 5.82 Å². The third-order valence-corrected chi connectivity index (χ3v) is 3.25. The molecular weight excluding hydrogens is 242 g/mol. The topological polar surface area (TPSA) is 49.6 Å². The molecule has 1 saturated heterocycles. The summed E-state index contributed by atoms with van der Waals surface area (Å²) < 4.78 is 5.09. The Balaban J connectivity index is 1.87. The van der Waals surface area contributed by atoms with Crippen LogP contribution >= 0.6 is 0 Å². The molecule has 0 aliphatic carbocycles. The van der Waals surface area contributed by atoms with E-state index in [0.717, 1.165) is 37.8 Å². The highest BCUT2D eigenvalue weighted by Gasteiger charge is 2.25. The number of carbonyl (C=O) groups excluding carboxylic acids is 1. The van der Waals surface area contributed by atoms with E-state index in [0.29, 0.717) is 6.42 Å². The predicted molar refractivity (Wildman–Crippen MR) is 74.1 cm³/mol. The van der Waals surface area contributed by atoms with Gasteiger partial charge in [0.25, 0.3) is 0 Å². The number of aromatic nitrogens is 1. The average Bonchev–Trinajstić information content (AvgIpc) is 2.74. The molecular formula is C14H23N3O2. The maximum absolute atomic E-state index is 12.1. The van der Waals surface area contributed by atoms with Crippen LogP contribution in [0.5, 0.6) is 0 Å². The lowest BCUT2D eigenvalue weighted by molar-refractivity contribution is -0.133. The van der Waals surface area contributed by atoms with Crippen molar-refractivity contribution in [3.63, 3.8) is 0 Å². The van der Waals surface area contributed by atoms with Crippen molar-refractivity contribution >= 4 is 11.7 Å². The normalized spacial score (nSPS) is 16.8. The van der Waals surface area contributed by atoms with Gasteiger partial charge in [0.1, 0.15) is 5.76 Å². The molecule has 2 heterocycles. The van der Waals surface area contributed by atoms with Gasteiger partial charge in [-0.15, -0.1) is 0 Å². The Labute approximate surface area is 114 Å². The van der Waals surface area contributed by atoms with E-state index in [-0.39, 0.29) is 11.3 Å². The summed E-state index contributed by atoms with van der Waals surface area (Å²) in [7, 11) is 0. The molecule has 0 atom stereocenters. The van der Waals surface area contributed by atoms with E-state index in [1.165, 1.54) is 0 Å². The summed E-state index contributed by atoms with van der Waals surface area (Å²) in [5.74, 6) is 1.95. The minimum atomic E-state index is 0.0530. The SMILES string of the molecule is Cc1cc(N2CCN(C(=O)CC(C)(C)C)CC2)no1. The molecule has 0 aromatic carbocycles. The highest BCUT2D eigenvalue weighted by atomic mass is 16.5. The van der Waals surface area contributed by atoms with Gasteiger partial charge in [-0.05, 0) is 12.3 Å². The van der Waals surface area contributed by atoms with E-state index in [1.54, 1.807) is 0 Å². The van der Waals surface area contributed by atoms with Crippen LogP contribution in [0.2, 0.25) is 0 Å². The molecule has 0 unspecified atom stereocenters. The van der Waals surface area contributed by atoms with Crippen molar-refractivity contribution in [2.24, 2.45) is 5.41 Å². The fourth-order valence-electron chi connectivity index (χ4n) is 2.25. The van der Waals surface area contributed by atoms with Crippen LogP contribution in [0, 0.1) is 12.3 Å². The lowest BCUT2D eigenvalue weighted by atomic mass is 9.91. The molecule has 0 radical (unpaired) electrons. The number of nitrogens with zero attached hydrogens (tertiary/aromatic N) is 3. The molecule has 1 aliphatic rings. The molecule has 5 nitrogen and oxygen atoms in total. The molecule has 1 aromatic heterocycles. The second-order valence-corrected chi connectivity index (χ2v) is 6.40. The first-order valence-electron chi connectivity index (χ1n) is 6.81. The van der Waals surface area contributed by atoms with Crippen LogP contribution in [0.3, 0.4) is 0 Å². The van der Waals surface area contributed by atoms with Crippen molar-refractivity contribution in [2.45, 2.75) is 34.1 Å². The summed E-state index contributed by atoms with van der Waals surface area (Å²) in [5.41, 5.74) is 0.0530. The van der Waals surface area contributed by atoms with E-state index in [2.05, 4.69) is 30.8 Å². The zero-order valence-electron chi connectivity index (χ0n) is 12.3. The van der Waals surface area contributed by atoms with E-state index in [9.17, 15) is 4.79 Å².